The van der Waals surface area contributed by atoms with Gasteiger partial charge in [-0.3, -0.25) is 0 Å². The zero-order chi connectivity index (χ0) is 31.8. The van der Waals surface area contributed by atoms with Crippen molar-refractivity contribution in [2.24, 2.45) is 0 Å². The third-order valence-corrected chi connectivity index (χ3v) is 7.58. The Morgan fingerprint density at radius 2 is 0.933 bits per heavy atom. The molecule has 1 aliphatic carbocycles. The van der Waals surface area contributed by atoms with Gasteiger partial charge in [0.25, 0.3) is 0 Å². The lowest BCUT2D eigenvalue weighted by atomic mass is 9.68. The Morgan fingerprint density at radius 1 is 0.556 bits per heavy atom. The van der Waals surface area contributed by atoms with E-state index in [4.69, 9.17) is 29.2 Å². The lowest BCUT2D eigenvalue weighted by molar-refractivity contribution is -0.143. The van der Waals surface area contributed by atoms with Crippen LogP contribution in [-0.4, -0.2) is 48.6 Å². The first-order chi connectivity index (χ1) is 21.8. The Hall–Kier alpha value is -5.50. The van der Waals surface area contributed by atoms with Crippen molar-refractivity contribution in [1.29, 1.82) is 0 Å². The fourth-order valence-electron chi connectivity index (χ4n) is 5.62. The highest BCUT2D eigenvalue weighted by Gasteiger charge is 2.45. The van der Waals surface area contributed by atoms with Gasteiger partial charge in [-0.25, -0.2) is 9.59 Å². The van der Waals surface area contributed by atoms with E-state index in [1.807, 2.05) is 24.3 Å². The molecule has 0 spiro atoms. The summed E-state index contributed by atoms with van der Waals surface area (Å²) in [6.07, 6.45) is 0.923. The molecule has 0 fully saturated rings. The average molecular weight is 607 g/mol. The van der Waals surface area contributed by atoms with Crippen LogP contribution < -0.4 is 9.47 Å². The third-order valence-electron chi connectivity index (χ3n) is 7.58. The highest BCUT2D eigenvalue weighted by molar-refractivity contribution is 5.86. The predicted molar refractivity (Wildman–Crippen MR) is 169 cm³/mol. The van der Waals surface area contributed by atoms with Crippen molar-refractivity contribution in [2.75, 3.05) is 26.4 Å². The zero-order valence-corrected chi connectivity index (χ0v) is 24.7. The van der Waals surface area contributed by atoms with Crippen molar-refractivity contribution in [3.8, 4) is 22.6 Å². The lowest BCUT2D eigenvalue weighted by Gasteiger charge is -2.34. The van der Waals surface area contributed by atoms with Crippen molar-refractivity contribution in [3.63, 3.8) is 0 Å². The second-order valence-electron chi connectivity index (χ2n) is 10.5. The number of fused-ring (bicyclic) bond motifs is 3. The molecule has 45 heavy (non-hydrogen) atoms. The van der Waals surface area contributed by atoms with Crippen molar-refractivity contribution in [2.45, 2.75) is 18.3 Å². The van der Waals surface area contributed by atoms with Crippen LogP contribution in [0, 0.1) is 0 Å². The van der Waals surface area contributed by atoms with Crippen LogP contribution in [0.25, 0.3) is 11.1 Å². The standard InChI is InChI=1S/C37H34O8/c1-25(38)35(40)44-23-7-21-42-29-17-13-27(14-18-29)37(33-11-5-3-9-31(33)32-10-4-6-12-34(32)37)28-15-19-30(20-16-28)43-22-8-24-45-36(41)26(2)39/h3-6,9-20,38-39H,1-2,7-8,21-24H2. The molecule has 0 unspecified atom stereocenters. The Balaban J connectivity index is 1.38. The Bertz CT molecular complexity index is 1560. The summed E-state index contributed by atoms with van der Waals surface area (Å²) >= 11 is 0. The molecule has 0 bridgehead atoms. The number of rotatable bonds is 14. The first kappa shape index (κ1) is 30.9. The van der Waals surface area contributed by atoms with Gasteiger partial charge in [0.2, 0.25) is 0 Å². The zero-order valence-electron chi connectivity index (χ0n) is 24.7. The molecule has 0 amide bonds. The molecule has 2 N–H and O–H groups in total. The molecule has 0 aliphatic heterocycles. The minimum absolute atomic E-state index is 0.111. The van der Waals surface area contributed by atoms with Crippen molar-refractivity contribution >= 4 is 11.9 Å². The number of benzene rings is 4. The van der Waals surface area contributed by atoms with E-state index >= 15 is 0 Å². The fourth-order valence-corrected chi connectivity index (χ4v) is 5.62. The van der Waals surface area contributed by atoms with E-state index in [-0.39, 0.29) is 13.2 Å². The second kappa shape index (κ2) is 13.9. The molecule has 4 aromatic carbocycles. The molecular weight excluding hydrogens is 572 g/mol. The molecule has 1 aliphatic rings. The molecule has 0 aromatic heterocycles. The summed E-state index contributed by atoms with van der Waals surface area (Å²) in [6, 6.07) is 33.0. The van der Waals surface area contributed by atoms with Crippen LogP contribution in [0.15, 0.2) is 122 Å². The number of carbonyl (C=O) groups is 2. The average Bonchev–Trinajstić information content (AvgIpc) is 3.36. The van der Waals surface area contributed by atoms with Crippen LogP contribution in [0.2, 0.25) is 0 Å². The maximum absolute atomic E-state index is 11.3. The van der Waals surface area contributed by atoms with Gasteiger partial charge in [0.1, 0.15) is 11.5 Å². The smallest absolute Gasteiger partial charge is 0.372 e. The Morgan fingerprint density at radius 3 is 1.31 bits per heavy atom. The molecule has 0 saturated carbocycles. The first-order valence-corrected chi connectivity index (χ1v) is 14.6. The van der Waals surface area contributed by atoms with Gasteiger partial charge in [0.05, 0.1) is 31.8 Å². The third kappa shape index (κ3) is 6.55. The highest BCUT2D eigenvalue weighted by Crippen LogP contribution is 2.56. The summed E-state index contributed by atoms with van der Waals surface area (Å²) < 4.78 is 21.6. The molecule has 4 aromatic rings. The minimum atomic E-state index is -0.838. The first-order valence-electron chi connectivity index (χ1n) is 14.6. The van der Waals surface area contributed by atoms with Crippen LogP contribution >= 0.6 is 0 Å². The summed E-state index contributed by atoms with van der Waals surface area (Å²) in [7, 11) is 0. The van der Waals surface area contributed by atoms with Crippen LogP contribution in [0.1, 0.15) is 35.1 Å². The van der Waals surface area contributed by atoms with Crippen LogP contribution in [0.5, 0.6) is 11.5 Å². The van der Waals surface area contributed by atoms with Gasteiger partial charge in [-0.15, -0.1) is 0 Å². The predicted octanol–water partition coefficient (Wildman–Crippen LogP) is 6.82. The molecule has 8 heteroatoms. The molecule has 0 saturated heterocycles. The normalized spacial score (nSPS) is 12.4. The van der Waals surface area contributed by atoms with Crippen molar-refractivity contribution in [3.05, 3.63) is 144 Å². The lowest BCUT2D eigenvalue weighted by Crippen LogP contribution is -2.28. The molecule has 0 heterocycles. The van der Waals surface area contributed by atoms with Crippen LogP contribution in [0.3, 0.4) is 0 Å². The van der Waals surface area contributed by atoms with Crippen molar-refractivity contribution < 1.29 is 38.7 Å². The van der Waals surface area contributed by atoms with E-state index in [9.17, 15) is 9.59 Å². The number of hydrogen-bond donors (Lipinski definition) is 2. The maximum atomic E-state index is 11.3. The molecule has 5 rings (SSSR count). The van der Waals surface area contributed by atoms with E-state index in [0.717, 1.165) is 11.1 Å². The van der Waals surface area contributed by atoms with E-state index in [1.165, 1.54) is 22.3 Å². The summed E-state index contributed by atoms with van der Waals surface area (Å²) in [5.41, 5.74) is 6.25. The molecule has 8 nitrogen and oxygen atoms in total. The molecule has 0 radical (unpaired) electrons. The van der Waals surface area contributed by atoms with Crippen molar-refractivity contribution in [1.82, 2.24) is 0 Å². The largest absolute Gasteiger partial charge is 0.502 e. The topological polar surface area (TPSA) is 112 Å². The van der Waals surface area contributed by atoms with Gasteiger partial charge in [0, 0.05) is 12.8 Å². The molecular formula is C37H34O8. The van der Waals surface area contributed by atoms with Gasteiger partial charge in [-0.1, -0.05) is 72.8 Å². The summed E-state index contributed by atoms with van der Waals surface area (Å²) in [6.45, 7) is 7.19. The second-order valence-corrected chi connectivity index (χ2v) is 10.5. The quantitative estimate of drug-likeness (QED) is 0.0613. The van der Waals surface area contributed by atoms with Gasteiger partial charge < -0.3 is 29.2 Å². The summed E-state index contributed by atoms with van der Waals surface area (Å²) in [5.74, 6) is -1.55. The highest BCUT2D eigenvalue weighted by atomic mass is 16.6. The minimum Gasteiger partial charge on any atom is -0.502 e. The van der Waals surface area contributed by atoms with Gasteiger partial charge >= 0.3 is 11.9 Å². The van der Waals surface area contributed by atoms with Gasteiger partial charge in [0.15, 0.2) is 11.5 Å². The SMILES string of the molecule is C=C(O)C(=O)OCCCOc1ccc(C2(c3ccc(OCCCOC(=O)C(=C)O)cc3)c3ccccc3-c3ccccc32)cc1. The number of aliphatic hydroxyl groups is 2. The van der Waals surface area contributed by atoms with E-state index < -0.39 is 28.9 Å². The number of aliphatic hydroxyl groups excluding tert-OH is 2. The summed E-state index contributed by atoms with van der Waals surface area (Å²) in [5, 5.41) is 18.1. The van der Waals surface area contributed by atoms with Gasteiger partial charge in [-0.2, -0.15) is 0 Å². The van der Waals surface area contributed by atoms with Gasteiger partial charge in [-0.05, 0) is 70.8 Å². The van der Waals surface area contributed by atoms with E-state index in [2.05, 4.69) is 86.0 Å². The fraction of sp³-hybridized carbons (Fsp3) is 0.189. The van der Waals surface area contributed by atoms with Crippen LogP contribution in [0.4, 0.5) is 0 Å². The van der Waals surface area contributed by atoms with E-state index in [0.29, 0.717) is 37.6 Å². The number of ether oxygens (including phenoxy) is 4. The summed E-state index contributed by atoms with van der Waals surface area (Å²) in [4.78, 5) is 22.7. The number of esters is 2. The monoisotopic (exact) mass is 606 g/mol. The molecule has 230 valence electrons. The Kier molecular flexibility index (Phi) is 9.53. The number of hydrogen-bond acceptors (Lipinski definition) is 8. The number of carbonyl (C=O) groups excluding carboxylic acids is 2. The van der Waals surface area contributed by atoms with E-state index in [1.54, 1.807) is 0 Å². The molecule has 0 atom stereocenters. The van der Waals surface area contributed by atoms with Crippen LogP contribution in [-0.2, 0) is 24.5 Å². The Labute approximate surface area is 261 Å². The maximum Gasteiger partial charge on any atom is 0.372 e.